The highest BCUT2D eigenvalue weighted by Crippen LogP contribution is 2.32. The molecule has 5 nitrogen and oxygen atoms in total. The predicted molar refractivity (Wildman–Crippen MR) is 56.1 cm³/mol. The maximum Gasteiger partial charge on any atom is 0.376 e. The van der Waals surface area contributed by atoms with Crippen molar-refractivity contribution in [1.82, 2.24) is 0 Å². The molecule has 0 saturated carbocycles. The second-order valence-corrected chi connectivity index (χ2v) is 3.36. The van der Waals surface area contributed by atoms with Crippen LogP contribution in [0.25, 0.3) is 5.76 Å². The van der Waals surface area contributed by atoms with Gasteiger partial charge in [0.25, 0.3) is 5.78 Å². The van der Waals surface area contributed by atoms with E-state index in [1.54, 1.807) is 0 Å². The third-order valence-corrected chi connectivity index (χ3v) is 2.16. The molecule has 0 atom stereocenters. The number of aliphatic carboxylic acids is 1. The Hall–Kier alpha value is -2.58. The van der Waals surface area contributed by atoms with Gasteiger partial charge in [0.2, 0.25) is 11.6 Å². The highest BCUT2D eigenvalue weighted by Gasteiger charge is 2.28. The molecular formula is C11H6F4O5. The Morgan fingerprint density at radius 2 is 1.45 bits per heavy atom. The molecule has 108 valence electrons. The van der Waals surface area contributed by atoms with Gasteiger partial charge >= 0.3 is 5.97 Å². The van der Waals surface area contributed by atoms with E-state index in [4.69, 9.17) is 5.11 Å². The summed E-state index contributed by atoms with van der Waals surface area (Å²) in [5.41, 5.74) is -1.62. The van der Waals surface area contributed by atoms with E-state index in [-0.39, 0.29) is 6.08 Å². The van der Waals surface area contributed by atoms with Gasteiger partial charge in [-0.3, -0.25) is 4.79 Å². The van der Waals surface area contributed by atoms with E-state index in [2.05, 4.69) is 4.74 Å². The first-order valence-electron chi connectivity index (χ1n) is 4.80. The number of carbonyl (C=O) groups is 2. The molecule has 9 heteroatoms. The van der Waals surface area contributed by atoms with Crippen molar-refractivity contribution in [3.05, 3.63) is 34.9 Å². The summed E-state index contributed by atoms with van der Waals surface area (Å²) in [6.45, 7) is 0. The van der Waals surface area contributed by atoms with Crippen LogP contribution in [0.2, 0.25) is 0 Å². The van der Waals surface area contributed by atoms with Gasteiger partial charge in [-0.2, -0.15) is 8.78 Å². The lowest BCUT2D eigenvalue weighted by molar-refractivity contribution is -0.146. The molecule has 0 amide bonds. The summed E-state index contributed by atoms with van der Waals surface area (Å²) in [5, 5.41) is 17.5. The molecule has 0 fully saturated rings. The number of carbonyl (C=O) groups excluding carboxylic acids is 1. The van der Waals surface area contributed by atoms with Crippen molar-refractivity contribution in [2.75, 3.05) is 7.11 Å². The van der Waals surface area contributed by atoms with Crippen LogP contribution in [0.15, 0.2) is 6.08 Å². The number of halogens is 4. The number of methoxy groups -OCH3 is 1. The van der Waals surface area contributed by atoms with Crippen LogP contribution in [0, 0.1) is 23.3 Å². The Morgan fingerprint density at radius 3 is 1.80 bits per heavy atom. The van der Waals surface area contributed by atoms with E-state index in [0.717, 1.165) is 7.11 Å². The van der Waals surface area contributed by atoms with Crippen LogP contribution in [-0.2, 0) is 9.59 Å². The average Bonchev–Trinajstić information content (AvgIpc) is 2.37. The van der Waals surface area contributed by atoms with Crippen molar-refractivity contribution in [2.24, 2.45) is 0 Å². The van der Waals surface area contributed by atoms with Crippen LogP contribution < -0.4 is 4.74 Å². The maximum absolute atomic E-state index is 13.5. The molecule has 0 aliphatic carbocycles. The zero-order chi connectivity index (χ0) is 15.6. The topological polar surface area (TPSA) is 83.8 Å². The monoisotopic (exact) mass is 294 g/mol. The van der Waals surface area contributed by atoms with Gasteiger partial charge in [-0.1, -0.05) is 0 Å². The van der Waals surface area contributed by atoms with Crippen molar-refractivity contribution in [3.63, 3.8) is 0 Å². The molecule has 1 rings (SSSR count). The third kappa shape index (κ3) is 2.56. The summed E-state index contributed by atoms with van der Waals surface area (Å²) in [5.74, 6) is -14.7. The molecule has 2 N–H and O–H groups in total. The Labute approximate surface area is 108 Å². The molecule has 0 heterocycles. The van der Waals surface area contributed by atoms with Crippen molar-refractivity contribution in [1.29, 1.82) is 0 Å². The smallest absolute Gasteiger partial charge is 0.376 e. The van der Waals surface area contributed by atoms with Gasteiger partial charge in [0, 0.05) is 6.08 Å². The van der Waals surface area contributed by atoms with Crippen molar-refractivity contribution >= 4 is 17.5 Å². The minimum Gasteiger partial charge on any atom is -0.507 e. The van der Waals surface area contributed by atoms with E-state index in [1.807, 2.05) is 0 Å². The Balaban J connectivity index is 3.55. The number of ketones is 1. The van der Waals surface area contributed by atoms with Gasteiger partial charge in [0.05, 0.1) is 12.7 Å². The molecule has 0 aliphatic heterocycles. The summed E-state index contributed by atoms with van der Waals surface area (Å²) in [4.78, 5) is 21.0. The van der Waals surface area contributed by atoms with Gasteiger partial charge in [0.15, 0.2) is 17.4 Å². The van der Waals surface area contributed by atoms with Crippen LogP contribution in [0.3, 0.4) is 0 Å². The molecule has 0 radical (unpaired) electrons. The zero-order valence-corrected chi connectivity index (χ0v) is 9.71. The summed E-state index contributed by atoms with van der Waals surface area (Å²) in [6.07, 6.45) is -0.0881. The molecule has 0 saturated heterocycles. The number of ether oxygens (including phenoxy) is 1. The molecule has 1 aromatic carbocycles. The lowest BCUT2D eigenvalue weighted by Gasteiger charge is -2.10. The van der Waals surface area contributed by atoms with E-state index in [9.17, 15) is 32.3 Å². The van der Waals surface area contributed by atoms with Gasteiger partial charge in [0.1, 0.15) is 5.76 Å². The fraction of sp³-hybridized carbons (Fsp3) is 0.0909. The number of hydrogen-bond donors (Lipinski definition) is 2. The van der Waals surface area contributed by atoms with E-state index in [0.29, 0.717) is 0 Å². The van der Waals surface area contributed by atoms with E-state index >= 15 is 0 Å². The first kappa shape index (κ1) is 15.5. The standard InChI is InChI=1S/C11H6F4O5/c1-20-10-8(14)6(12)5(7(13)9(10)15)3(16)2-4(17)11(18)19/h2,16H,1H3,(H,18,19)/b3-2+. The van der Waals surface area contributed by atoms with E-state index < -0.39 is 52.1 Å². The second-order valence-electron chi connectivity index (χ2n) is 3.36. The predicted octanol–water partition coefficient (Wildman–Crippen LogP) is 1.80. The summed E-state index contributed by atoms with van der Waals surface area (Å²) < 4.78 is 57.7. The summed E-state index contributed by atoms with van der Waals surface area (Å²) in [6, 6.07) is 0. The fourth-order valence-corrected chi connectivity index (χ4v) is 1.27. The number of aliphatic hydroxyl groups excluding tert-OH is 1. The van der Waals surface area contributed by atoms with Crippen molar-refractivity contribution in [3.8, 4) is 5.75 Å². The molecule has 20 heavy (non-hydrogen) atoms. The highest BCUT2D eigenvalue weighted by atomic mass is 19.2. The molecular weight excluding hydrogens is 288 g/mol. The van der Waals surface area contributed by atoms with Gasteiger partial charge in [-0.15, -0.1) is 0 Å². The van der Waals surface area contributed by atoms with Crippen molar-refractivity contribution in [2.45, 2.75) is 0 Å². The number of aliphatic hydroxyl groups is 1. The van der Waals surface area contributed by atoms with Crippen LogP contribution in [0.1, 0.15) is 5.56 Å². The molecule has 0 aromatic heterocycles. The number of carboxylic acids is 1. The molecule has 0 aliphatic rings. The Kier molecular flexibility index (Phi) is 4.33. The number of hydrogen-bond acceptors (Lipinski definition) is 4. The van der Waals surface area contributed by atoms with Gasteiger partial charge in [-0.25, -0.2) is 13.6 Å². The SMILES string of the molecule is COc1c(F)c(F)c(/C(O)=C\C(=O)C(=O)O)c(F)c1F. The van der Waals surface area contributed by atoms with Crippen LogP contribution in [0.5, 0.6) is 5.75 Å². The summed E-state index contributed by atoms with van der Waals surface area (Å²) in [7, 11) is 0.754. The Bertz CT molecular complexity index is 595. The first-order valence-corrected chi connectivity index (χ1v) is 4.80. The fourth-order valence-electron chi connectivity index (χ4n) is 1.27. The lowest BCUT2D eigenvalue weighted by Crippen LogP contribution is -2.11. The number of rotatable bonds is 4. The second kappa shape index (κ2) is 5.59. The number of benzene rings is 1. The van der Waals surface area contributed by atoms with Crippen LogP contribution in [0.4, 0.5) is 17.6 Å². The molecule has 0 unspecified atom stereocenters. The number of carboxylic acid groups (broad SMARTS) is 1. The zero-order valence-electron chi connectivity index (χ0n) is 9.71. The van der Waals surface area contributed by atoms with Crippen LogP contribution >= 0.6 is 0 Å². The maximum atomic E-state index is 13.5. The highest BCUT2D eigenvalue weighted by molar-refractivity contribution is 6.38. The summed E-state index contributed by atoms with van der Waals surface area (Å²) >= 11 is 0. The minimum atomic E-state index is -2.04. The lowest BCUT2D eigenvalue weighted by atomic mass is 10.1. The first-order chi connectivity index (χ1) is 9.22. The molecule has 1 aromatic rings. The normalized spacial score (nSPS) is 11.3. The van der Waals surface area contributed by atoms with Gasteiger partial charge in [-0.05, 0) is 0 Å². The molecule has 0 bridgehead atoms. The third-order valence-electron chi connectivity index (χ3n) is 2.16. The van der Waals surface area contributed by atoms with Gasteiger partial charge < -0.3 is 14.9 Å². The Morgan fingerprint density at radius 1 is 1.00 bits per heavy atom. The minimum absolute atomic E-state index is 0.0881. The van der Waals surface area contributed by atoms with Crippen LogP contribution in [-0.4, -0.2) is 29.1 Å². The quantitative estimate of drug-likeness (QED) is 0.291. The largest absolute Gasteiger partial charge is 0.507 e. The average molecular weight is 294 g/mol. The van der Waals surface area contributed by atoms with Crippen molar-refractivity contribution < 1.29 is 42.1 Å². The van der Waals surface area contributed by atoms with E-state index in [1.165, 1.54) is 0 Å². The molecule has 0 spiro atoms.